The van der Waals surface area contributed by atoms with Gasteiger partial charge in [0.1, 0.15) is 6.04 Å². The van der Waals surface area contributed by atoms with Crippen LogP contribution in [0.5, 0.6) is 0 Å². The lowest BCUT2D eigenvalue weighted by Crippen LogP contribution is -2.30. The van der Waals surface area contributed by atoms with E-state index in [0.717, 1.165) is 60.7 Å². The minimum Gasteiger partial charge on any atom is -0.373 e. The van der Waals surface area contributed by atoms with Crippen molar-refractivity contribution in [2.24, 2.45) is 9.98 Å². The van der Waals surface area contributed by atoms with Crippen LogP contribution in [-0.2, 0) is 4.74 Å². The molecular weight excluding hydrogens is 474 g/mol. The summed E-state index contributed by atoms with van der Waals surface area (Å²) in [6.45, 7) is 14.3. The summed E-state index contributed by atoms with van der Waals surface area (Å²) in [5.74, 6) is 2.58. The van der Waals surface area contributed by atoms with Gasteiger partial charge in [0.25, 0.3) is 0 Å². The van der Waals surface area contributed by atoms with Crippen molar-refractivity contribution >= 4 is 29.5 Å². The Morgan fingerprint density at radius 3 is 2.22 bits per heavy atom. The summed E-state index contributed by atoms with van der Waals surface area (Å²) in [4.78, 5) is 14.0. The van der Waals surface area contributed by atoms with Crippen LogP contribution >= 0.6 is 11.8 Å². The zero-order valence-electron chi connectivity index (χ0n) is 23.9. The Balaban J connectivity index is 1.76. The van der Waals surface area contributed by atoms with Gasteiger partial charge in [0.2, 0.25) is 0 Å². The zero-order chi connectivity index (χ0) is 26.9. The van der Waals surface area contributed by atoms with Crippen molar-refractivity contribution < 1.29 is 4.74 Å². The standard InChI is InChI=1S/C32H47N3OS/c1-25(2)11-7-12-26(3)13-8-14-27(4)15-9-16-28(5)18-22-37-24-31(30-23-36-21-20-33-30)35-32-29(6)17-10-19-34-32/h10-11,13,15,17-20,30H,7-9,12,14,16,21-24H2,1-6H3. The number of ether oxygens (including phenoxy) is 1. The molecular formula is C32H47N3OS. The maximum Gasteiger partial charge on any atom is 0.154 e. The smallest absolute Gasteiger partial charge is 0.154 e. The molecule has 2 rings (SSSR count). The molecule has 0 N–H and O–H groups in total. The summed E-state index contributed by atoms with van der Waals surface area (Å²) >= 11 is 1.88. The fourth-order valence-corrected chi connectivity index (χ4v) is 4.90. The van der Waals surface area contributed by atoms with Crippen LogP contribution in [0.3, 0.4) is 0 Å². The lowest BCUT2D eigenvalue weighted by atomic mass is 10.0. The molecule has 4 nitrogen and oxygen atoms in total. The van der Waals surface area contributed by atoms with Crippen LogP contribution in [0, 0.1) is 6.92 Å². The van der Waals surface area contributed by atoms with Crippen LogP contribution in [0.15, 0.2) is 74.9 Å². The Morgan fingerprint density at radius 1 is 0.973 bits per heavy atom. The topological polar surface area (TPSA) is 46.8 Å². The fraction of sp³-hybridized carbons (Fsp3) is 0.531. The van der Waals surface area contributed by atoms with Gasteiger partial charge in [-0.25, -0.2) is 9.98 Å². The molecule has 1 atom stereocenters. The van der Waals surface area contributed by atoms with E-state index in [9.17, 15) is 0 Å². The number of rotatable bonds is 15. The molecule has 37 heavy (non-hydrogen) atoms. The van der Waals surface area contributed by atoms with E-state index in [1.54, 1.807) is 6.20 Å². The van der Waals surface area contributed by atoms with Gasteiger partial charge in [0, 0.05) is 23.9 Å². The van der Waals surface area contributed by atoms with Crippen molar-refractivity contribution in [1.29, 1.82) is 0 Å². The first-order valence-electron chi connectivity index (χ1n) is 13.6. The lowest BCUT2D eigenvalue weighted by molar-refractivity contribution is 0.163. The third-order valence-electron chi connectivity index (χ3n) is 6.32. The molecule has 0 radical (unpaired) electrons. The van der Waals surface area contributed by atoms with Gasteiger partial charge in [-0.2, -0.15) is 11.8 Å². The first-order valence-corrected chi connectivity index (χ1v) is 14.8. The second-order valence-electron chi connectivity index (χ2n) is 10.2. The molecule has 1 aliphatic heterocycles. The van der Waals surface area contributed by atoms with Gasteiger partial charge in [-0.1, -0.05) is 52.7 Å². The predicted molar refractivity (Wildman–Crippen MR) is 165 cm³/mol. The number of aryl methyl sites for hydroxylation is 1. The predicted octanol–water partition coefficient (Wildman–Crippen LogP) is 8.81. The Morgan fingerprint density at radius 2 is 1.62 bits per heavy atom. The highest BCUT2D eigenvalue weighted by Gasteiger charge is 2.18. The van der Waals surface area contributed by atoms with E-state index in [0.29, 0.717) is 13.2 Å². The zero-order valence-corrected chi connectivity index (χ0v) is 24.7. The molecule has 0 aromatic carbocycles. The van der Waals surface area contributed by atoms with Crippen molar-refractivity contribution in [2.75, 3.05) is 24.7 Å². The number of allylic oxidation sites excluding steroid dienone is 7. The summed E-state index contributed by atoms with van der Waals surface area (Å²) in [5, 5.41) is 0. The van der Waals surface area contributed by atoms with E-state index in [1.165, 1.54) is 28.7 Å². The van der Waals surface area contributed by atoms with Crippen LogP contribution in [0.25, 0.3) is 0 Å². The molecule has 1 aromatic rings. The summed E-state index contributed by atoms with van der Waals surface area (Å²) in [6.07, 6.45) is 20.0. The molecule has 1 unspecified atom stereocenters. The number of aromatic nitrogens is 1. The van der Waals surface area contributed by atoms with Gasteiger partial charge in [0.05, 0.1) is 18.9 Å². The first kappa shape index (κ1) is 31.0. The number of pyridine rings is 1. The van der Waals surface area contributed by atoms with Gasteiger partial charge in [0.15, 0.2) is 5.82 Å². The van der Waals surface area contributed by atoms with E-state index in [4.69, 9.17) is 9.73 Å². The average Bonchev–Trinajstić information content (AvgIpc) is 2.87. The van der Waals surface area contributed by atoms with Crippen LogP contribution < -0.4 is 0 Å². The van der Waals surface area contributed by atoms with Crippen molar-refractivity contribution in [2.45, 2.75) is 86.1 Å². The number of aliphatic imine (C=N–C) groups is 2. The third-order valence-corrected chi connectivity index (χ3v) is 7.23. The Labute approximate surface area is 230 Å². The molecule has 0 fully saturated rings. The molecule has 2 heterocycles. The minimum absolute atomic E-state index is 0.0168. The van der Waals surface area contributed by atoms with E-state index in [2.05, 4.69) is 68.9 Å². The van der Waals surface area contributed by atoms with E-state index < -0.39 is 0 Å². The van der Waals surface area contributed by atoms with Crippen LogP contribution in [0.1, 0.15) is 78.7 Å². The van der Waals surface area contributed by atoms with E-state index >= 15 is 0 Å². The van der Waals surface area contributed by atoms with Crippen LogP contribution in [-0.4, -0.2) is 47.7 Å². The first-order chi connectivity index (χ1) is 17.8. The Bertz CT molecular complexity index is 1010. The second-order valence-corrected chi connectivity index (χ2v) is 11.2. The molecule has 1 aliphatic rings. The van der Waals surface area contributed by atoms with E-state index in [1.807, 2.05) is 37.0 Å². The van der Waals surface area contributed by atoms with Gasteiger partial charge < -0.3 is 4.74 Å². The molecule has 0 aliphatic carbocycles. The van der Waals surface area contributed by atoms with Crippen LogP contribution in [0.2, 0.25) is 0 Å². The normalized spacial score (nSPS) is 17.3. The van der Waals surface area contributed by atoms with Gasteiger partial charge in [-0.05, 0) is 91.7 Å². The fourth-order valence-electron chi connectivity index (χ4n) is 3.91. The molecule has 1 aromatic heterocycles. The second kappa shape index (κ2) is 18.1. The van der Waals surface area contributed by atoms with Crippen molar-refractivity contribution in [3.05, 3.63) is 70.5 Å². The van der Waals surface area contributed by atoms with E-state index in [-0.39, 0.29) is 6.04 Å². The largest absolute Gasteiger partial charge is 0.373 e. The molecule has 0 bridgehead atoms. The Kier molecular flexibility index (Phi) is 15.1. The number of hydrogen-bond acceptors (Lipinski definition) is 5. The quantitative estimate of drug-likeness (QED) is 0.132. The maximum absolute atomic E-state index is 5.62. The molecule has 0 spiro atoms. The molecule has 0 amide bonds. The molecule has 202 valence electrons. The van der Waals surface area contributed by atoms with Gasteiger partial charge in [-0.3, -0.25) is 4.99 Å². The highest BCUT2D eigenvalue weighted by molar-refractivity contribution is 8.00. The lowest BCUT2D eigenvalue weighted by Gasteiger charge is -2.18. The summed E-state index contributed by atoms with van der Waals surface area (Å²) in [7, 11) is 0. The number of thioether (sulfide) groups is 1. The third kappa shape index (κ3) is 13.8. The minimum atomic E-state index is -0.0168. The molecule has 5 heteroatoms. The molecule has 0 saturated heterocycles. The van der Waals surface area contributed by atoms with Crippen molar-refractivity contribution in [1.82, 2.24) is 4.98 Å². The summed E-state index contributed by atoms with van der Waals surface area (Å²) < 4.78 is 5.62. The maximum atomic E-state index is 5.62. The highest BCUT2D eigenvalue weighted by atomic mass is 32.2. The molecule has 0 saturated carbocycles. The van der Waals surface area contributed by atoms with Gasteiger partial charge >= 0.3 is 0 Å². The van der Waals surface area contributed by atoms with Gasteiger partial charge in [-0.15, -0.1) is 0 Å². The number of hydrogen-bond donors (Lipinski definition) is 0. The van der Waals surface area contributed by atoms with Crippen molar-refractivity contribution in [3.8, 4) is 0 Å². The van der Waals surface area contributed by atoms with Crippen LogP contribution in [0.4, 0.5) is 5.82 Å². The monoisotopic (exact) mass is 521 g/mol. The summed E-state index contributed by atoms with van der Waals surface area (Å²) in [6, 6.07) is 3.97. The highest BCUT2D eigenvalue weighted by Crippen LogP contribution is 2.19. The number of nitrogens with zero attached hydrogens (tertiary/aromatic N) is 3. The SMILES string of the molecule is CC(C)=CCCC(C)=CCCC(C)=CCCC(C)=CCSCC(=Nc1ncccc1C)C1COCC=N1. The summed E-state index contributed by atoms with van der Waals surface area (Å²) in [5.41, 5.74) is 7.98. The van der Waals surface area contributed by atoms with Crippen molar-refractivity contribution in [3.63, 3.8) is 0 Å². The Hall–Kier alpha value is -2.24. The average molecular weight is 522 g/mol.